The molecule has 0 unspecified atom stereocenters. The number of carbonyl (C=O) groups is 2. The van der Waals surface area contributed by atoms with Crippen LogP contribution >= 0.6 is 0 Å². The highest BCUT2D eigenvalue weighted by atomic mass is 19.4. The lowest BCUT2D eigenvalue weighted by molar-refractivity contribution is -0.461. The molecule has 0 saturated carbocycles. The Morgan fingerprint density at radius 3 is 1.37 bits per heavy atom. The van der Waals surface area contributed by atoms with Gasteiger partial charge in [-0.1, -0.05) is 31.6 Å². The summed E-state index contributed by atoms with van der Waals surface area (Å²) in [5, 5.41) is 0. The molecule has 0 spiro atoms. The molecule has 0 radical (unpaired) electrons. The number of esters is 2. The SMILES string of the molecule is CCCCCOc1ccc(C#Cc2ccc(C(=O)Oc3ccc(C(=O)OCCC(F)(F)C(F)(F)C(F)(F)C(F)(F)C(F)(F)C(F)(F)C(F)(F)C(F)(F)F)cc3)cc2)cc1. The number of carbonyl (C=O) groups excluding carboxylic acids is 2. The van der Waals surface area contributed by atoms with Crippen LogP contribution in [-0.2, 0) is 4.74 Å². The Morgan fingerprint density at radius 2 is 0.898 bits per heavy atom. The summed E-state index contributed by atoms with van der Waals surface area (Å²) in [6, 6.07) is 16.2. The van der Waals surface area contributed by atoms with E-state index in [2.05, 4.69) is 23.5 Å². The molecule has 0 aliphatic heterocycles. The fraction of sp³-hybridized carbons (Fsp3) is 0.405. The maximum absolute atomic E-state index is 14.1. The third kappa shape index (κ3) is 9.81. The first-order valence-corrected chi connectivity index (χ1v) is 16.5. The van der Waals surface area contributed by atoms with Gasteiger partial charge in [0.2, 0.25) is 0 Å². The van der Waals surface area contributed by atoms with Crippen LogP contribution in [0.25, 0.3) is 0 Å². The second-order valence-electron chi connectivity index (χ2n) is 12.4. The van der Waals surface area contributed by atoms with Crippen LogP contribution in [0, 0.1) is 11.8 Å². The van der Waals surface area contributed by atoms with Crippen LogP contribution in [0.15, 0.2) is 72.8 Å². The first-order valence-electron chi connectivity index (χ1n) is 16.5. The third-order valence-electron chi connectivity index (χ3n) is 8.08. The third-order valence-corrected chi connectivity index (χ3v) is 8.08. The standard InChI is InChI=1S/C37H27F17O5/c1-2-3-4-20-57-26-15-9-23(10-16-26)6-5-22-7-11-25(12-8-22)29(56)59-27-17-13-24(14-18-27)28(55)58-21-19-30(38,39)31(40,41)32(42,43)33(44,45)34(46,47)35(48,49)36(50,51)37(52,53)54/h7-18H,2-4,19-21H2,1H3. The zero-order valence-electron chi connectivity index (χ0n) is 29.6. The van der Waals surface area contributed by atoms with Crippen molar-refractivity contribution in [2.45, 2.75) is 80.2 Å². The van der Waals surface area contributed by atoms with Gasteiger partial charge in [-0.3, -0.25) is 0 Å². The van der Waals surface area contributed by atoms with Crippen LogP contribution in [-0.4, -0.2) is 72.8 Å². The summed E-state index contributed by atoms with van der Waals surface area (Å²) in [7, 11) is 0. The Morgan fingerprint density at radius 1 is 0.492 bits per heavy atom. The van der Waals surface area contributed by atoms with Crippen LogP contribution in [0.1, 0.15) is 64.4 Å². The van der Waals surface area contributed by atoms with Crippen molar-refractivity contribution < 1.29 is 98.4 Å². The second-order valence-corrected chi connectivity index (χ2v) is 12.4. The first-order chi connectivity index (χ1) is 27.0. The molecule has 0 atom stereocenters. The minimum absolute atomic E-state index is 0.0151. The fourth-order valence-electron chi connectivity index (χ4n) is 4.54. The number of ether oxygens (including phenoxy) is 3. The predicted octanol–water partition coefficient (Wildman–Crippen LogP) is 11.4. The lowest BCUT2D eigenvalue weighted by atomic mass is 9.88. The maximum Gasteiger partial charge on any atom is 0.460 e. The molecule has 0 bridgehead atoms. The molecule has 5 nitrogen and oxygen atoms in total. The molecule has 3 aromatic rings. The van der Waals surface area contributed by atoms with Gasteiger partial charge in [0, 0.05) is 11.1 Å². The molecule has 22 heteroatoms. The van der Waals surface area contributed by atoms with E-state index in [4.69, 9.17) is 9.47 Å². The zero-order chi connectivity index (χ0) is 44.9. The number of rotatable bonds is 17. The van der Waals surface area contributed by atoms with Gasteiger partial charge < -0.3 is 14.2 Å². The van der Waals surface area contributed by atoms with Gasteiger partial charge in [0.25, 0.3) is 0 Å². The van der Waals surface area contributed by atoms with Gasteiger partial charge in [0.1, 0.15) is 11.5 Å². The summed E-state index contributed by atoms with van der Waals surface area (Å²) in [4.78, 5) is 24.7. The highest BCUT2D eigenvalue weighted by molar-refractivity contribution is 5.92. The summed E-state index contributed by atoms with van der Waals surface area (Å²) in [5.41, 5.74) is 0.566. The quantitative estimate of drug-likeness (QED) is 0.0444. The number of halogens is 17. The van der Waals surface area contributed by atoms with E-state index in [9.17, 15) is 84.2 Å². The minimum Gasteiger partial charge on any atom is -0.494 e. The van der Waals surface area contributed by atoms with Crippen LogP contribution in [0.4, 0.5) is 74.6 Å². The van der Waals surface area contributed by atoms with Gasteiger partial charge in [-0.25, -0.2) is 9.59 Å². The highest BCUT2D eigenvalue weighted by Crippen LogP contribution is 2.64. The number of hydrogen-bond acceptors (Lipinski definition) is 5. The number of unbranched alkanes of at least 4 members (excludes halogenated alkanes) is 2. The molecule has 0 fully saturated rings. The topological polar surface area (TPSA) is 61.8 Å². The number of alkyl halides is 17. The smallest absolute Gasteiger partial charge is 0.460 e. The first kappa shape index (κ1) is 48.1. The van der Waals surface area contributed by atoms with Crippen molar-refractivity contribution in [1.29, 1.82) is 0 Å². The molecule has 59 heavy (non-hydrogen) atoms. The molecule has 3 aromatic carbocycles. The molecule has 0 N–H and O–H groups in total. The molecule has 0 aromatic heterocycles. The lowest BCUT2D eigenvalue weighted by Crippen LogP contribution is -2.74. The highest BCUT2D eigenvalue weighted by Gasteiger charge is 2.95. The van der Waals surface area contributed by atoms with E-state index < -0.39 is 78.2 Å². The molecular formula is C37H27F17O5. The maximum atomic E-state index is 14.1. The number of hydrogen-bond donors (Lipinski definition) is 0. The molecule has 0 amide bonds. The number of benzene rings is 3. The van der Waals surface area contributed by atoms with E-state index in [-0.39, 0.29) is 11.3 Å². The molecule has 324 valence electrons. The van der Waals surface area contributed by atoms with E-state index in [0.29, 0.717) is 23.5 Å². The summed E-state index contributed by atoms with van der Waals surface area (Å²) in [5.74, 6) is -53.8. The minimum atomic E-state index is -8.74. The van der Waals surface area contributed by atoms with Crippen molar-refractivity contribution in [3.05, 3.63) is 95.1 Å². The van der Waals surface area contributed by atoms with Gasteiger partial charge in [-0.2, -0.15) is 74.6 Å². The average Bonchev–Trinajstić information content (AvgIpc) is 3.15. The Hall–Kier alpha value is -5.23. The van der Waals surface area contributed by atoms with Gasteiger partial charge in [-0.05, 0) is 79.2 Å². The van der Waals surface area contributed by atoms with Crippen molar-refractivity contribution in [2.24, 2.45) is 0 Å². The van der Waals surface area contributed by atoms with E-state index in [1.54, 1.807) is 24.3 Å². The summed E-state index contributed by atoms with van der Waals surface area (Å²) >= 11 is 0. The normalized spacial score (nSPS) is 13.3. The fourth-order valence-corrected chi connectivity index (χ4v) is 4.54. The summed E-state index contributed by atoms with van der Waals surface area (Å²) in [6.45, 7) is 0.547. The molecule has 0 aliphatic carbocycles. The van der Waals surface area contributed by atoms with E-state index in [0.717, 1.165) is 43.5 Å². The van der Waals surface area contributed by atoms with Crippen molar-refractivity contribution in [3.8, 4) is 23.3 Å². The van der Waals surface area contributed by atoms with Crippen molar-refractivity contribution in [3.63, 3.8) is 0 Å². The zero-order valence-corrected chi connectivity index (χ0v) is 29.6. The van der Waals surface area contributed by atoms with E-state index in [1.165, 1.54) is 24.3 Å². The average molecular weight is 875 g/mol. The van der Waals surface area contributed by atoms with Gasteiger partial charge in [-0.15, -0.1) is 0 Å². The lowest BCUT2D eigenvalue weighted by Gasteiger charge is -2.42. The van der Waals surface area contributed by atoms with Crippen molar-refractivity contribution >= 4 is 11.9 Å². The molecule has 3 rings (SSSR count). The monoisotopic (exact) mass is 874 g/mol. The van der Waals surface area contributed by atoms with Crippen LogP contribution in [0.2, 0.25) is 0 Å². The summed E-state index contributed by atoms with van der Waals surface area (Å²) in [6.07, 6.45) is -7.77. The van der Waals surface area contributed by atoms with Gasteiger partial charge in [0.05, 0.1) is 30.8 Å². The predicted molar refractivity (Wildman–Crippen MR) is 171 cm³/mol. The molecule has 0 saturated heterocycles. The Bertz CT molecular complexity index is 1970. The molecule has 0 aliphatic rings. The Labute approximate surface area is 322 Å². The van der Waals surface area contributed by atoms with Crippen molar-refractivity contribution in [2.75, 3.05) is 13.2 Å². The van der Waals surface area contributed by atoms with E-state index >= 15 is 0 Å². The van der Waals surface area contributed by atoms with E-state index in [1.807, 2.05) is 0 Å². The second kappa shape index (κ2) is 17.6. The molecule has 0 heterocycles. The van der Waals surface area contributed by atoms with Crippen LogP contribution in [0.3, 0.4) is 0 Å². The largest absolute Gasteiger partial charge is 0.494 e. The Balaban J connectivity index is 1.60. The summed E-state index contributed by atoms with van der Waals surface area (Å²) < 4.78 is 243. The Kier molecular flexibility index (Phi) is 14.3. The van der Waals surface area contributed by atoms with Crippen molar-refractivity contribution in [1.82, 2.24) is 0 Å². The van der Waals surface area contributed by atoms with Crippen LogP contribution in [0.5, 0.6) is 11.5 Å². The van der Waals surface area contributed by atoms with Gasteiger partial charge in [0.15, 0.2) is 0 Å². The van der Waals surface area contributed by atoms with Gasteiger partial charge >= 0.3 is 59.6 Å². The molecular weight excluding hydrogens is 847 g/mol. The van der Waals surface area contributed by atoms with Crippen LogP contribution < -0.4 is 9.47 Å².